The minimum atomic E-state index is -0.222. The predicted molar refractivity (Wildman–Crippen MR) is 96.1 cm³/mol. The molecule has 3 aromatic rings. The number of amides is 1. The minimum absolute atomic E-state index is 0.222. The first-order valence-electron chi connectivity index (χ1n) is 7.83. The number of fused-ring (bicyclic) bond motifs is 1. The van der Waals surface area contributed by atoms with Gasteiger partial charge in [0.05, 0.1) is 25.0 Å². The molecule has 0 fully saturated rings. The number of hydrogen-bond acceptors (Lipinski definition) is 3. The van der Waals surface area contributed by atoms with Crippen molar-refractivity contribution in [3.05, 3.63) is 66.2 Å². The van der Waals surface area contributed by atoms with Gasteiger partial charge in [-0.2, -0.15) is 0 Å². The van der Waals surface area contributed by atoms with Crippen molar-refractivity contribution in [3.8, 4) is 11.5 Å². The van der Waals surface area contributed by atoms with Gasteiger partial charge < -0.3 is 14.8 Å². The number of carbonyl (C=O) groups excluding carboxylic acids is 1. The van der Waals surface area contributed by atoms with Crippen molar-refractivity contribution in [1.82, 2.24) is 0 Å². The van der Waals surface area contributed by atoms with Crippen LogP contribution in [-0.4, -0.2) is 19.6 Å². The highest BCUT2D eigenvalue weighted by Gasteiger charge is 2.18. The fraction of sp³-hybridized carbons (Fsp3) is 0.150. The van der Waals surface area contributed by atoms with Crippen molar-refractivity contribution >= 4 is 22.4 Å². The molecule has 0 bridgehead atoms. The van der Waals surface area contributed by atoms with Crippen LogP contribution in [0.4, 0.5) is 5.69 Å². The molecule has 0 saturated heterocycles. The number of methoxy groups -OCH3 is 1. The van der Waals surface area contributed by atoms with E-state index in [1.807, 2.05) is 67.6 Å². The first kappa shape index (κ1) is 15.9. The summed E-state index contributed by atoms with van der Waals surface area (Å²) in [7, 11) is 1.58. The molecule has 1 amide bonds. The maximum atomic E-state index is 12.9. The third kappa shape index (κ3) is 3.04. The van der Waals surface area contributed by atoms with Crippen LogP contribution in [0.3, 0.4) is 0 Å². The monoisotopic (exact) mass is 321 g/mol. The van der Waals surface area contributed by atoms with Crippen molar-refractivity contribution in [2.75, 3.05) is 19.0 Å². The van der Waals surface area contributed by atoms with Gasteiger partial charge in [-0.25, -0.2) is 0 Å². The van der Waals surface area contributed by atoms with Gasteiger partial charge >= 0.3 is 0 Å². The number of benzene rings is 3. The maximum Gasteiger partial charge on any atom is 0.260 e. The van der Waals surface area contributed by atoms with E-state index in [1.165, 1.54) is 0 Å². The van der Waals surface area contributed by atoms with Crippen molar-refractivity contribution in [2.24, 2.45) is 0 Å². The van der Waals surface area contributed by atoms with E-state index in [-0.39, 0.29) is 5.91 Å². The van der Waals surface area contributed by atoms with E-state index in [2.05, 4.69) is 5.32 Å². The van der Waals surface area contributed by atoms with E-state index in [0.29, 0.717) is 29.4 Å². The third-order valence-electron chi connectivity index (χ3n) is 3.77. The molecule has 3 rings (SSSR count). The summed E-state index contributed by atoms with van der Waals surface area (Å²) in [6.45, 7) is 2.39. The number of ether oxygens (including phenoxy) is 2. The molecule has 0 aliphatic rings. The molecule has 1 N–H and O–H groups in total. The van der Waals surface area contributed by atoms with Crippen molar-refractivity contribution in [2.45, 2.75) is 6.92 Å². The molecule has 0 aromatic heterocycles. The Balaban J connectivity index is 2.06. The summed E-state index contributed by atoms with van der Waals surface area (Å²) in [5, 5.41) is 4.77. The Kier molecular flexibility index (Phi) is 4.66. The second-order valence-corrected chi connectivity index (χ2v) is 5.25. The summed E-state index contributed by atoms with van der Waals surface area (Å²) >= 11 is 0. The smallest absolute Gasteiger partial charge is 0.260 e. The highest BCUT2D eigenvalue weighted by molar-refractivity contribution is 6.15. The fourth-order valence-electron chi connectivity index (χ4n) is 2.69. The topological polar surface area (TPSA) is 47.6 Å². The summed E-state index contributed by atoms with van der Waals surface area (Å²) in [4.78, 5) is 12.9. The van der Waals surface area contributed by atoms with E-state index in [0.717, 1.165) is 10.8 Å². The van der Waals surface area contributed by atoms with Crippen LogP contribution < -0.4 is 14.8 Å². The van der Waals surface area contributed by atoms with E-state index in [9.17, 15) is 4.79 Å². The highest BCUT2D eigenvalue weighted by atomic mass is 16.5. The molecule has 0 aliphatic carbocycles. The van der Waals surface area contributed by atoms with Crippen molar-refractivity contribution in [3.63, 3.8) is 0 Å². The lowest BCUT2D eigenvalue weighted by atomic mass is 10.0. The predicted octanol–water partition coefficient (Wildman–Crippen LogP) is 4.50. The lowest BCUT2D eigenvalue weighted by Crippen LogP contribution is -2.15. The van der Waals surface area contributed by atoms with Crippen LogP contribution in [-0.2, 0) is 0 Å². The van der Waals surface area contributed by atoms with Gasteiger partial charge in [0.1, 0.15) is 11.5 Å². The van der Waals surface area contributed by atoms with Crippen LogP contribution in [0.25, 0.3) is 10.8 Å². The second-order valence-electron chi connectivity index (χ2n) is 5.25. The molecular weight excluding hydrogens is 302 g/mol. The standard InChI is InChI=1S/C20H19NO3/c1-3-24-18-13-12-14-8-4-5-9-15(14)19(18)20(22)21-16-10-6-7-11-17(16)23-2/h4-13H,3H2,1-2H3,(H,21,22). The molecule has 0 saturated carbocycles. The van der Waals surface area contributed by atoms with Gasteiger partial charge in [-0.05, 0) is 35.9 Å². The average Bonchev–Trinajstić information content (AvgIpc) is 2.62. The molecule has 0 heterocycles. The molecule has 3 aromatic carbocycles. The zero-order valence-corrected chi connectivity index (χ0v) is 13.7. The molecule has 122 valence electrons. The van der Waals surface area contributed by atoms with Gasteiger partial charge in [0.15, 0.2) is 0 Å². The van der Waals surface area contributed by atoms with Gasteiger partial charge in [-0.1, -0.05) is 42.5 Å². The molecule has 4 heteroatoms. The maximum absolute atomic E-state index is 12.9. The van der Waals surface area contributed by atoms with E-state index in [1.54, 1.807) is 7.11 Å². The van der Waals surface area contributed by atoms with Gasteiger partial charge in [0.25, 0.3) is 5.91 Å². The first-order chi connectivity index (χ1) is 11.7. The van der Waals surface area contributed by atoms with Crippen molar-refractivity contribution < 1.29 is 14.3 Å². The summed E-state index contributed by atoms with van der Waals surface area (Å²) in [5.74, 6) is 0.965. The summed E-state index contributed by atoms with van der Waals surface area (Å²) in [6.07, 6.45) is 0. The molecule has 4 nitrogen and oxygen atoms in total. The third-order valence-corrected chi connectivity index (χ3v) is 3.77. The van der Waals surface area contributed by atoms with Crippen LogP contribution in [0.1, 0.15) is 17.3 Å². The Labute approximate surface area is 141 Å². The summed E-state index contributed by atoms with van der Waals surface area (Å²) < 4.78 is 11.0. The van der Waals surface area contributed by atoms with Crippen LogP contribution in [0.5, 0.6) is 11.5 Å². The Morgan fingerprint density at radius 3 is 2.50 bits per heavy atom. The highest BCUT2D eigenvalue weighted by Crippen LogP contribution is 2.30. The molecule has 0 atom stereocenters. The van der Waals surface area contributed by atoms with Crippen LogP contribution in [0.15, 0.2) is 60.7 Å². The number of rotatable bonds is 5. The quantitative estimate of drug-likeness (QED) is 0.752. The fourth-order valence-corrected chi connectivity index (χ4v) is 2.69. The minimum Gasteiger partial charge on any atom is -0.495 e. The van der Waals surface area contributed by atoms with Crippen LogP contribution in [0.2, 0.25) is 0 Å². The van der Waals surface area contributed by atoms with Gasteiger partial charge in [-0.3, -0.25) is 4.79 Å². The van der Waals surface area contributed by atoms with Crippen molar-refractivity contribution in [1.29, 1.82) is 0 Å². The van der Waals surface area contributed by atoms with E-state index >= 15 is 0 Å². The summed E-state index contributed by atoms with van der Waals surface area (Å²) in [6, 6.07) is 18.9. The zero-order chi connectivity index (χ0) is 16.9. The molecule has 0 aliphatic heterocycles. The summed E-state index contributed by atoms with van der Waals surface area (Å²) in [5.41, 5.74) is 1.15. The zero-order valence-electron chi connectivity index (χ0n) is 13.7. The number of anilines is 1. The molecule has 0 spiro atoms. The molecular formula is C20H19NO3. The first-order valence-corrected chi connectivity index (χ1v) is 7.83. The Morgan fingerprint density at radius 1 is 0.958 bits per heavy atom. The Bertz CT molecular complexity index is 874. The SMILES string of the molecule is CCOc1ccc2ccccc2c1C(=O)Nc1ccccc1OC. The van der Waals surface area contributed by atoms with Gasteiger partial charge in [0.2, 0.25) is 0 Å². The molecule has 0 radical (unpaired) electrons. The normalized spacial score (nSPS) is 10.4. The number of carbonyl (C=O) groups is 1. The number of nitrogens with one attached hydrogen (secondary N) is 1. The van der Waals surface area contributed by atoms with E-state index < -0.39 is 0 Å². The average molecular weight is 321 g/mol. The Morgan fingerprint density at radius 2 is 1.71 bits per heavy atom. The van der Waals surface area contributed by atoms with Crippen LogP contribution >= 0.6 is 0 Å². The molecule has 0 unspecified atom stereocenters. The Hall–Kier alpha value is -3.01. The van der Waals surface area contributed by atoms with Gasteiger partial charge in [0, 0.05) is 0 Å². The largest absolute Gasteiger partial charge is 0.495 e. The lowest BCUT2D eigenvalue weighted by molar-refractivity contribution is 0.102. The second kappa shape index (κ2) is 7.04. The van der Waals surface area contributed by atoms with E-state index in [4.69, 9.17) is 9.47 Å². The van der Waals surface area contributed by atoms with Gasteiger partial charge in [-0.15, -0.1) is 0 Å². The lowest BCUT2D eigenvalue weighted by Gasteiger charge is -2.15. The number of hydrogen-bond donors (Lipinski definition) is 1. The number of para-hydroxylation sites is 2. The van der Waals surface area contributed by atoms with Crippen LogP contribution in [0, 0.1) is 0 Å². The molecule has 24 heavy (non-hydrogen) atoms.